The molecule has 2 heterocycles. The van der Waals surface area contributed by atoms with Crippen molar-refractivity contribution < 1.29 is 23.5 Å². The lowest BCUT2D eigenvalue weighted by atomic mass is 10.2. The van der Waals surface area contributed by atoms with Gasteiger partial charge in [-0.1, -0.05) is 12.8 Å². The summed E-state index contributed by atoms with van der Waals surface area (Å²) < 4.78 is 18.1. The van der Waals surface area contributed by atoms with E-state index < -0.39 is 5.91 Å². The molecule has 0 spiro atoms. The average molecular weight is 453 g/mol. The Morgan fingerprint density at radius 3 is 2.52 bits per heavy atom. The molecule has 9 heteroatoms. The quantitative estimate of drug-likeness (QED) is 0.508. The zero-order chi connectivity index (χ0) is 23.2. The van der Waals surface area contributed by atoms with E-state index in [1.807, 2.05) is 6.92 Å². The second kappa shape index (κ2) is 10.2. The minimum absolute atomic E-state index is 0.120. The van der Waals surface area contributed by atoms with Gasteiger partial charge in [0, 0.05) is 18.8 Å². The molecule has 0 unspecified atom stereocenters. The van der Waals surface area contributed by atoms with Crippen LogP contribution < -0.4 is 20.1 Å². The molecule has 0 bridgehead atoms. The smallest absolute Gasteiger partial charge is 0.291 e. The van der Waals surface area contributed by atoms with Gasteiger partial charge in [-0.3, -0.25) is 14.3 Å². The van der Waals surface area contributed by atoms with E-state index in [0.29, 0.717) is 23.7 Å². The van der Waals surface area contributed by atoms with Crippen LogP contribution in [0.25, 0.3) is 0 Å². The van der Waals surface area contributed by atoms with Gasteiger partial charge in [0.05, 0.1) is 12.8 Å². The number of nitrogens with zero attached hydrogens (tertiary/aromatic N) is 2. The molecule has 174 valence electrons. The molecule has 0 radical (unpaired) electrons. The predicted molar refractivity (Wildman–Crippen MR) is 122 cm³/mol. The SMILES string of the molecule is CCn1cc(NC(=O)c2ccc(COc3ccc(OC)cc3)o2)c(C(=O)NC2CCCC2)n1. The fourth-order valence-electron chi connectivity index (χ4n) is 3.75. The monoisotopic (exact) mass is 452 g/mol. The maximum atomic E-state index is 12.8. The molecule has 0 aliphatic heterocycles. The molecular weight excluding hydrogens is 424 g/mol. The predicted octanol–water partition coefficient (Wildman–Crippen LogP) is 4.01. The molecule has 1 aliphatic carbocycles. The fourth-order valence-corrected chi connectivity index (χ4v) is 3.75. The Balaban J connectivity index is 1.39. The van der Waals surface area contributed by atoms with E-state index in [1.54, 1.807) is 54.4 Å². The largest absolute Gasteiger partial charge is 0.497 e. The molecular formula is C24H28N4O5. The first-order valence-electron chi connectivity index (χ1n) is 11.1. The first kappa shape index (κ1) is 22.4. The average Bonchev–Trinajstić information content (AvgIpc) is 3.59. The minimum Gasteiger partial charge on any atom is -0.497 e. The zero-order valence-corrected chi connectivity index (χ0v) is 18.8. The Labute approximate surface area is 192 Å². The number of ether oxygens (including phenoxy) is 2. The molecule has 0 saturated heterocycles. The number of amides is 2. The number of hydrogen-bond donors (Lipinski definition) is 2. The van der Waals surface area contributed by atoms with Gasteiger partial charge >= 0.3 is 0 Å². The van der Waals surface area contributed by atoms with Gasteiger partial charge in [-0.25, -0.2) is 0 Å². The van der Waals surface area contributed by atoms with Crippen molar-refractivity contribution in [2.24, 2.45) is 0 Å². The van der Waals surface area contributed by atoms with Crippen molar-refractivity contribution in [2.75, 3.05) is 12.4 Å². The van der Waals surface area contributed by atoms with Crippen molar-refractivity contribution in [1.82, 2.24) is 15.1 Å². The Bertz CT molecular complexity index is 1100. The number of furan rings is 1. The van der Waals surface area contributed by atoms with E-state index in [2.05, 4.69) is 15.7 Å². The summed E-state index contributed by atoms with van der Waals surface area (Å²) in [6.45, 7) is 2.66. The van der Waals surface area contributed by atoms with Crippen LogP contribution in [0, 0.1) is 0 Å². The van der Waals surface area contributed by atoms with Gasteiger partial charge in [-0.2, -0.15) is 5.10 Å². The second-order valence-corrected chi connectivity index (χ2v) is 7.89. The van der Waals surface area contributed by atoms with Crippen molar-refractivity contribution in [1.29, 1.82) is 0 Å². The zero-order valence-electron chi connectivity index (χ0n) is 18.8. The summed E-state index contributed by atoms with van der Waals surface area (Å²) in [6, 6.07) is 10.6. The van der Waals surface area contributed by atoms with Crippen molar-refractivity contribution >= 4 is 17.5 Å². The van der Waals surface area contributed by atoms with Crippen LogP contribution in [-0.2, 0) is 13.2 Å². The van der Waals surface area contributed by atoms with Crippen molar-refractivity contribution in [3.63, 3.8) is 0 Å². The number of aromatic nitrogens is 2. The van der Waals surface area contributed by atoms with Gasteiger partial charge in [-0.05, 0) is 56.2 Å². The number of hydrogen-bond acceptors (Lipinski definition) is 6. The molecule has 3 aromatic rings. The van der Waals surface area contributed by atoms with Crippen LogP contribution in [-0.4, -0.2) is 34.7 Å². The molecule has 33 heavy (non-hydrogen) atoms. The highest BCUT2D eigenvalue weighted by Gasteiger charge is 2.24. The number of anilines is 1. The van der Waals surface area contributed by atoms with Crippen molar-refractivity contribution in [3.05, 3.63) is 59.8 Å². The molecule has 1 aromatic carbocycles. The van der Waals surface area contributed by atoms with Gasteiger partial charge in [0.15, 0.2) is 11.5 Å². The third-order valence-electron chi connectivity index (χ3n) is 5.57. The van der Waals surface area contributed by atoms with Crippen LogP contribution in [0.4, 0.5) is 5.69 Å². The van der Waals surface area contributed by atoms with Gasteiger partial charge < -0.3 is 24.5 Å². The van der Waals surface area contributed by atoms with E-state index in [4.69, 9.17) is 13.9 Å². The van der Waals surface area contributed by atoms with Crippen LogP contribution in [0.15, 0.2) is 47.0 Å². The lowest BCUT2D eigenvalue weighted by molar-refractivity contribution is 0.0933. The number of methoxy groups -OCH3 is 1. The summed E-state index contributed by atoms with van der Waals surface area (Å²) in [4.78, 5) is 25.5. The summed E-state index contributed by atoms with van der Waals surface area (Å²) in [5, 5.41) is 10.1. The van der Waals surface area contributed by atoms with Crippen LogP contribution >= 0.6 is 0 Å². The molecule has 2 aromatic heterocycles. The third kappa shape index (κ3) is 5.54. The highest BCUT2D eigenvalue weighted by atomic mass is 16.5. The molecule has 1 fully saturated rings. The maximum absolute atomic E-state index is 12.8. The maximum Gasteiger partial charge on any atom is 0.291 e. The first-order valence-corrected chi connectivity index (χ1v) is 11.1. The summed E-state index contributed by atoms with van der Waals surface area (Å²) in [5.74, 6) is 1.27. The first-order chi connectivity index (χ1) is 16.1. The Morgan fingerprint density at radius 1 is 1.09 bits per heavy atom. The molecule has 4 rings (SSSR count). The minimum atomic E-state index is -0.462. The number of carbonyl (C=O) groups excluding carboxylic acids is 2. The lowest BCUT2D eigenvalue weighted by Crippen LogP contribution is -2.33. The van der Waals surface area contributed by atoms with E-state index >= 15 is 0 Å². The van der Waals surface area contributed by atoms with Gasteiger partial charge in [0.2, 0.25) is 0 Å². The summed E-state index contributed by atoms with van der Waals surface area (Å²) in [7, 11) is 1.60. The number of aryl methyl sites for hydroxylation is 1. The molecule has 1 aliphatic rings. The normalized spacial score (nSPS) is 13.6. The van der Waals surface area contributed by atoms with Gasteiger partial charge in [-0.15, -0.1) is 0 Å². The van der Waals surface area contributed by atoms with Crippen LogP contribution in [0.3, 0.4) is 0 Å². The molecule has 1 saturated carbocycles. The number of nitrogens with one attached hydrogen (secondary N) is 2. The summed E-state index contributed by atoms with van der Waals surface area (Å²) in [5.41, 5.74) is 0.552. The Hall–Kier alpha value is -3.75. The van der Waals surface area contributed by atoms with Gasteiger partial charge in [0.25, 0.3) is 11.8 Å². The van der Waals surface area contributed by atoms with Gasteiger partial charge in [0.1, 0.15) is 23.9 Å². The Morgan fingerprint density at radius 2 is 1.82 bits per heavy atom. The molecule has 9 nitrogen and oxygen atoms in total. The topological polar surface area (TPSA) is 108 Å². The van der Waals surface area contributed by atoms with E-state index in [-0.39, 0.29) is 30.0 Å². The summed E-state index contributed by atoms with van der Waals surface area (Å²) >= 11 is 0. The van der Waals surface area contributed by atoms with Crippen molar-refractivity contribution in [2.45, 2.75) is 51.8 Å². The van der Waals surface area contributed by atoms with Crippen LogP contribution in [0.1, 0.15) is 59.4 Å². The fraction of sp³-hybridized carbons (Fsp3) is 0.375. The Kier molecular flexibility index (Phi) is 6.97. The highest BCUT2D eigenvalue weighted by molar-refractivity contribution is 6.07. The number of rotatable bonds is 9. The molecule has 0 atom stereocenters. The van der Waals surface area contributed by atoms with E-state index in [1.165, 1.54) is 0 Å². The van der Waals surface area contributed by atoms with E-state index in [9.17, 15) is 9.59 Å². The lowest BCUT2D eigenvalue weighted by Gasteiger charge is -2.11. The van der Waals surface area contributed by atoms with E-state index in [0.717, 1.165) is 31.4 Å². The number of benzene rings is 1. The standard InChI is InChI=1S/C24H28N4O5/c1-3-28-14-20(22(27-28)24(30)25-16-6-4-5-7-16)26-23(29)21-13-12-19(33-21)15-32-18-10-8-17(31-2)9-11-18/h8-14,16H,3-7,15H2,1-2H3,(H,25,30)(H,26,29). The number of carbonyl (C=O) groups is 2. The highest BCUT2D eigenvalue weighted by Crippen LogP contribution is 2.22. The van der Waals surface area contributed by atoms with Crippen LogP contribution in [0.2, 0.25) is 0 Å². The molecule has 2 amide bonds. The summed E-state index contributed by atoms with van der Waals surface area (Å²) in [6.07, 6.45) is 5.81. The third-order valence-corrected chi connectivity index (χ3v) is 5.57. The molecule has 2 N–H and O–H groups in total. The van der Waals surface area contributed by atoms with Crippen LogP contribution in [0.5, 0.6) is 11.5 Å². The van der Waals surface area contributed by atoms with Crippen molar-refractivity contribution in [3.8, 4) is 11.5 Å². The second-order valence-electron chi connectivity index (χ2n) is 7.89.